The minimum Gasteiger partial charge on any atom is -0.493 e. The zero-order chi connectivity index (χ0) is 26.9. The summed E-state index contributed by atoms with van der Waals surface area (Å²) in [6, 6.07) is 0. The van der Waals surface area contributed by atoms with Gasteiger partial charge in [-0.2, -0.15) is 0 Å². The van der Waals surface area contributed by atoms with Crippen LogP contribution in [0.2, 0.25) is 0 Å². The molecule has 0 atom stereocenters. The normalized spacial score (nSPS) is 12.5. The van der Waals surface area contributed by atoms with E-state index in [4.69, 9.17) is 4.74 Å². The van der Waals surface area contributed by atoms with Gasteiger partial charge in [0.25, 0.3) is 0 Å². The van der Waals surface area contributed by atoms with Crippen molar-refractivity contribution < 1.29 is 14.9 Å². The van der Waals surface area contributed by atoms with Gasteiger partial charge < -0.3 is 14.9 Å². The van der Waals surface area contributed by atoms with Crippen molar-refractivity contribution in [3.63, 3.8) is 0 Å². The molecule has 9 heteroatoms. The molecule has 9 nitrogen and oxygen atoms in total. The van der Waals surface area contributed by atoms with Crippen LogP contribution in [0.1, 0.15) is 86.5 Å². The highest BCUT2D eigenvalue weighted by molar-refractivity contribution is 5.06. The Balaban J connectivity index is 1.59. The fourth-order valence-corrected chi connectivity index (χ4v) is 4.61. The van der Waals surface area contributed by atoms with Crippen LogP contribution in [0.5, 0.6) is 11.8 Å². The number of aryl methyl sites for hydroxylation is 2. The van der Waals surface area contributed by atoms with E-state index in [1.807, 2.05) is 13.8 Å². The van der Waals surface area contributed by atoms with Crippen LogP contribution in [0.4, 0.5) is 0 Å². The Morgan fingerprint density at radius 3 is 1.69 bits per heavy atom. The van der Waals surface area contributed by atoms with E-state index in [-0.39, 0.29) is 34.0 Å². The summed E-state index contributed by atoms with van der Waals surface area (Å²) < 4.78 is 11.8. The van der Waals surface area contributed by atoms with Crippen LogP contribution in [0.25, 0.3) is 0 Å². The smallest absolute Gasteiger partial charge is 0.331 e. The lowest BCUT2D eigenvalue weighted by molar-refractivity contribution is 0.119. The van der Waals surface area contributed by atoms with Crippen molar-refractivity contribution in [1.29, 1.82) is 0 Å². The molecule has 0 aliphatic rings. The predicted molar refractivity (Wildman–Crippen MR) is 143 cm³/mol. The Labute approximate surface area is 215 Å². The first kappa shape index (κ1) is 29.8. The summed E-state index contributed by atoms with van der Waals surface area (Å²) in [6.07, 6.45) is 9.88. The average molecular weight is 509 g/mol. The molecule has 0 unspecified atom stereocenters. The molecule has 0 amide bonds. The van der Waals surface area contributed by atoms with Crippen LogP contribution in [-0.2, 0) is 30.9 Å². The number of aromatic hydroxyl groups is 2. The second-order valence-electron chi connectivity index (χ2n) is 11.5. The molecule has 0 bridgehead atoms. The van der Waals surface area contributed by atoms with E-state index in [9.17, 15) is 19.8 Å². The molecular weight excluding hydrogens is 460 g/mol. The zero-order valence-electron chi connectivity index (χ0n) is 23.3. The third-order valence-electron chi connectivity index (χ3n) is 7.11. The number of unbranched alkanes of at least 4 members (excludes halogenated alkanes) is 2. The van der Waals surface area contributed by atoms with Crippen molar-refractivity contribution in [1.82, 2.24) is 18.3 Å². The van der Waals surface area contributed by atoms with Crippen molar-refractivity contribution in [2.24, 2.45) is 10.8 Å². The number of imidazole rings is 2. The minimum atomic E-state index is -0.155. The third kappa shape index (κ3) is 8.61. The SMILES string of the molecule is CCn1cc(O)n(CCC(C)(C)CCCCOCCCCC(C)(C)Cn2c(O)cn(CC)c2=O)c1=O. The van der Waals surface area contributed by atoms with Gasteiger partial charge in [-0.25, -0.2) is 9.59 Å². The molecule has 0 radical (unpaired) electrons. The second kappa shape index (κ2) is 13.2. The molecule has 2 heterocycles. The molecule has 0 saturated heterocycles. The second-order valence-corrected chi connectivity index (χ2v) is 11.5. The van der Waals surface area contributed by atoms with Crippen LogP contribution >= 0.6 is 0 Å². The van der Waals surface area contributed by atoms with Crippen molar-refractivity contribution in [2.45, 2.75) is 113 Å². The molecule has 0 aliphatic carbocycles. The van der Waals surface area contributed by atoms with E-state index in [1.165, 1.54) is 30.7 Å². The fraction of sp³-hybridized carbons (Fsp3) is 0.778. The summed E-state index contributed by atoms with van der Waals surface area (Å²) in [6.45, 7) is 16.1. The van der Waals surface area contributed by atoms with Gasteiger partial charge in [-0.3, -0.25) is 18.3 Å². The molecule has 0 aliphatic heterocycles. The molecule has 2 aromatic rings. The van der Waals surface area contributed by atoms with Gasteiger partial charge in [0, 0.05) is 39.4 Å². The highest BCUT2D eigenvalue weighted by Crippen LogP contribution is 2.29. The fourth-order valence-electron chi connectivity index (χ4n) is 4.61. The Bertz CT molecular complexity index is 1060. The van der Waals surface area contributed by atoms with Gasteiger partial charge in [-0.05, 0) is 56.8 Å². The maximum Gasteiger partial charge on any atom is 0.331 e. The summed E-state index contributed by atoms with van der Waals surface area (Å²) in [5.74, 6) is 0.0705. The van der Waals surface area contributed by atoms with Gasteiger partial charge in [0.1, 0.15) is 0 Å². The van der Waals surface area contributed by atoms with Gasteiger partial charge >= 0.3 is 11.4 Å². The lowest BCUT2D eigenvalue weighted by Crippen LogP contribution is -2.29. The number of aromatic nitrogens is 4. The van der Waals surface area contributed by atoms with Gasteiger partial charge in [0.15, 0.2) is 0 Å². The zero-order valence-corrected chi connectivity index (χ0v) is 23.3. The van der Waals surface area contributed by atoms with Gasteiger partial charge in [0.2, 0.25) is 11.8 Å². The topological polar surface area (TPSA) is 104 Å². The van der Waals surface area contributed by atoms with Crippen LogP contribution in [0, 0.1) is 10.8 Å². The molecule has 2 N–H and O–H groups in total. The average Bonchev–Trinajstić information content (AvgIpc) is 3.24. The van der Waals surface area contributed by atoms with Crippen LogP contribution in [-0.4, -0.2) is 41.7 Å². The Morgan fingerprint density at radius 1 is 0.722 bits per heavy atom. The molecular formula is C27H48N4O5. The van der Waals surface area contributed by atoms with E-state index in [0.29, 0.717) is 26.2 Å². The lowest BCUT2D eigenvalue weighted by Gasteiger charge is -2.25. The van der Waals surface area contributed by atoms with E-state index in [1.54, 1.807) is 0 Å². The van der Waals surface area contributed by atoms with Gasteiger partial charge in [-0.1, -0.05) is 40.5 Å². The highest BCUT2D eigenvalue weighted by atomic mass is 16.5. The Kier molecular flexibility index (Phi) is 10.9. The summed E-state index contributed by atoms with van der Waals surface area (Å²) in [7, 11) is 0. The Morgan fingerprint density at radius 2 is 1.19 bits per heavy atom. The third-order valence-corrected chi connectivity index (χ3v) is 7.11. The maximum atomic E-state index is 12.3. The predicted octanol–water partition coefficient (Wildman–Crippen LogP) is 4.56. The van der Waals surface area contributed by atoms with Crippen LogP contribution < -0.4 is 11.4 Å². The van der Waals surface area contributed by atoms with Crippen molar-refractivity contribution in [3.8, 4) is 11.8 Å². The van der Waals surface area contributed by atoms with Gasteiger partial charge in [0.05, 0.1) is 12.4 Å². The van der Waals surface area contributed by atoms with Crippen molar-refractivity contribution >= 4 is 0 Å². The monoisotopic (exact) mass is 508 g/mol. The van der Waals surface area contributed by atoms with Gasteiger partial charge in [-0.15, -0.1) is 0 Å². The number of rotatable bonds is 17. The van der Waals surface area contributed by atoms with E-state index < -0.39 is 0 Å². The number of ether oxygens (including phenoxy) is 1. The molecule has 0 spiro atoms. The first-order valence-corrected chi connectivity index (χ1v) is 13.5. The summed E-state index contributed by atoms with van der Waals surface area (Å²) >= 11 is 0. The summed E-state index contributed by atoms with van der Waals surface area (Å²) in [5.41, 5.74) is -0.309. The highest BCUT2D eigenvalue weighted by Gasteiger charge is 2.22. The lowest BCUT2D eigenvalue weighted by atomic mass is 9.84. The number of hydrogen-bond donors (Lipinski definition) is 2. The summed E-state index contributed by atoms with van der Waals surface area (Å²) in [5, 5.41) is 20.1. The van der Waals surface area contributed by atoms with E-state index >= 15 is 0 Å². The van der Waals surface area contributed by atoms with E-state index in [0.717, 1.165) is 58.2 Å². The van der Waals surface area contributed by atoms with Crippen molar-refractivity contribution in [2.75, 3.05) is 13.2 Å². The van der Waals surface area contributed by atoms with Crippen molar-refractivity contribution in [3.05, 3.63) is 33.4 Å². The molecule has 2 aromatic heterocycles. The quantitative estimate of drug-likeness (QED) is 0.305. The maximum absolute atomic E-state index is 12.3. The molecule has 0 aromatic carbocycles. The number of nitrogens with zero attached hydrogens (tertiary/aromatic N) is 4. The number of hydrogen-bond acceptors (Lipinski definition) is 5. The minimum absolute atomic E-state index is 0.0316. The summed E-state index contributed by atoms with van der Waals surface area (Å²) in [4.78, 5) is 24.6. The standard InChI is InChI=1S/C27H48N4O5/c1-7-28-19-22(32)30(24(28)34)16-15-26(3,4)13-9-11-17-36-18-12-10-14-27(5,6)21-31-23(33)20-29(8-2)25(31)35/h19-20,32-33H,7-18,21H2,1-6H3. The van der Waals surface area contributed by atoms with Crippen LogP contribution in [0.3, 0.4) is 0 Å². The molecule has 0 saturated carbocycles. The largest absolute Gasteiger partial charge is 0.493 e. The Hall–Kier alpha value is -2.42. The first-order valence-electron chi connectivity index (χ1n) is 13.5. The molecule has 2 rings (SSSR count). The molecule has 36 heavy (non-hydrogen) atoms. The first-order chi connectivity index (χ1) is 16.9. The molecule has 0 fully saturated rings. The van der Waals surface area contributed by atoms with Crippen LogP contribution in [0.15, 0.2) is 22.0 Å². The molecule has 206 valence electrons. The van der Waals surface area contributed by atoms with E-state index in [2.05, 4.69) is 27.7 Å².